The maximum atomic E-state index is 13.4. The summed E-state index contributed by atoms with van der Waals surface area (Å²) in [5.74, 6) is 0.174. The second-order valence-corrected chi connectivity index (χ2v) is 12.2. The summed E-state index contributed by atoms with van der Waals surface area (Å²) in [5, 5.41) is 0.255. The predicted octanol–water partition coefficient (Wildman–Crippen LogP) is 6.43. The Hall–Kier alpha value is -1.66. The summed E-state index contributed by atoms with van der Waals surface area (Å²) in [4.78, 5) is 15.3. The normalized spacial score (nSPS) is 12.3. The summed E-state index contributed by atoms with van der Waals surface area (Å²) in [6, 6.07) is 19.9. The van der Waals surface area contributed by atoms with E-state index in [0.29, 0.717) is 6.16 Å². The molecule has 0 aliphatic heterocycles. The maximum absolute atomic E-state index is 13.4. The first kappa shape index (κ1) is 19.7. The number of carbonyl (C=O) groups excluding carboxylic acids is 1. The molecule has 0 aromatic heterocycles. The van der Waals surface area contributed by atoms with E-state index in [0.717, 1.165) is 11.4 Å². The van der Waals surface area contributed by atoms with Crippen LogP contribution in [0.2, 0.25) is 0 Å². The smallest absolute Gasteiger partial charge is 0.235 e. The molecular formula is C22H30NOP. The first-order valence-electron chi connectivity index (χ1n) is 8.81. The molecule has 0 spiro atoms. The third kappa shape index (κ3) is 5.16. The topological polar surface area (TPSA) is 20.3 Å². The fraction of sp³-hybridized carbons (Fsp3) is 0.409. The van der Waals surface area contributed by atoms with E-state index >= 15 is 0 Å². The standard InChI is InChI=1S/C22H30NOP/c1-21(2,3)25(22(4,5)6)17-20(24)23(18-13-9-7-10-14-18)19-15-11-8-12-16-19/h7-16H,17H2,1-6H3. The van der Waals surface area contributed by atoms with E-state index in [9.17, 15) is 4.79 Å². The second-order valence-electron chi connectivity index (χ2n) is 8.33. The number of amides is 1. The molecule has 25 heavy (non-hydrogen) atoms. The first-order valence-corrected chi connectivity index (χ1v) is 10.3. The molecule has 0 aliphatic rings. The van der Waals surface area contributed by atoms with Crippen LogP contribution in [-0.2, 0) is 4.79 Å². The molecule has 2 aromatic rings. The number of carbonyl (C=O) groups is 1. The molecule has 3 heteroatoms. The molecule has 0 aliphatic carbocycles. The molecule has 2 rings (SSSR count). The minimum Gasteiger partial charge on any atom is -0.281 e. The highest BCUT2D eigenvalue weighted by Crippen LogP contribution is 2.59. The quantitative estimate of drug-likeness (QED) is 0.579. The maximum Gasteiger partial charge on any atom is 0.235 e. The van der Waals surface area contributed by atoms with Crippen LogP contribution in [0.3, 0.4) is 0 Å². The van der Waals surface area contributed by atoms with Gasteiger partial charge in [-0.25, -0.2) is 0 Å². The number of nitrogens with zero attached hydrogens (tertiary/aromatic N) is 1. The van der Waals surface area contributed by atoms with Crippen LogP contribution in [0.1, 0.15) is 41.5 Å². The van der Waals surface area contributed by atoms with E-state index in [4.69, 9.17) is 0 Å². The summed E-state index contributed by atoms with van der Waals surface area (Å²) in [7, 11) is -0.487. The zero-order chi connectivity index (χ0) is 18.7. The van der Waals surface area contributed by atoms with Crippen molar-refractivity contribution in [1.82, 2.24) is 0 Å². The van der Waals surface area contributed by atoms with Crippen LogP contribution in [0.4, 0.5) is 11.4 Å². The molecule has 2 nitrogen and oxygen atoms in total. The van der Waals surface area contributed by atoms with Gasteiger partial charge in [0.2, 0.25) is 5.91 Å². The minimum absolute atomic E-state index is 0.127. The van der Waals surface area contributed by atoms with Gasteiger partial charge in [-0.05, 0) is 34.6 Å². The van der Waals surface area contributed by atoms with Crippen molar-refractivity contribution < 1.29 is 4.79 Å². The van der Waals surface area contributed by atoms with E-state index in [1.165, 1.54) is 0 Å². The van der Waals surface area contributed by atoms with Gasteiger partial charge in [-0.2, -0.15) is 0 Å². The summed E-state index contributed by atoms with van der Waals surface area (Å²) < 4.78 is 0. The zero-order valence-electron chi connectivity index (χ0n) is 16.3. The van der Waals surface area contributed by atoms with Crippen LogP contribution < -0.4 is 4.90 Å². The number of hydrogen-bond donors (Lipinski definition) is 0. The van der Waals surface area contributed by atoms with E-state index in [1.807, 2.05) is 65.6 Å². The SMILES string of the molecule is CC(C)(C)P(CC(=O)N(c1ccccc1)c1ccccc1)C(C)(C)C. The third-order valence-corrected chi connectivity index (χ3v) is 8.02. The lowest BCUT2D eigenvalue weighted by Crippen LogP contribution is -2.34. The van der Waals surface area contributed by atoms with Crippen molar-refractivity contribution >= 4 is 25.2 Å². The Morgan fingerprint density at radius 1 is 0.760 bits per heavy atom. The van der Waals surface area contributed by atoms with E-state index in [2.05, 4.69) is 41.5 Å². The predicted molar refractivity (Wildman–Crippen MR) is 111 cm³/mol. The van der Waals surface area contributed by atoms with Crippen molar-refractivity contribution in [1.29, 1.82) is 0 Å². The molecule has 134 valence electrons. The molecule has 0 N–H and O–H groups in total. The highest BCUT2D eigenvalue weighted by Gasteiger charge is 2.37. The molecule has 0 saturated carbocycles. The van der Waals surface area contributed by atoms with Gasteiger partial charge in [-0.3, -0.25) is 9.69 Å². The average Bonchev–Trinajstić information content (AvgIpc) is 2.53. The Kier molecular flexibility index (Phi) is 6.06. The lowest BCUT2D eigenvalue weighted by atomic mass is 10.2. The monoisotopic (exact) mass is 355 g/mol. The molecule has 0 bridgehead atoms. The molecule has 0 radical (unpaired) electrons. The fourth-order valence-corrected chi connectivity index (χ4v) is 6.65. The molecule has 0 heterocycles. The highest BCUT2D eigenvalue weighted by atomic mass is 31.1. The van der Waals surface area contributed by atoms with Gasteiger partial charge in [0.15, 0.2) is 0 Å². The Bertz CT molecular complexity index is 630. The van der Waals surface area contributed by atoms with Crippen LogP contribution in [0.5, 0.6) is 0 Å². The molecule has 0 fully saturated rings. The average molecular weight is 355 g/mol. The summed E-state index contributed by atoms with van der Waals surface area (Å²) in [6.07, 6.45) is 0.589. The van der Waals surface area contributed by atoms with Gasteiger partial charge in [-0.1, -0.05) is 85.9 Å². The van der Waals surface area contributed by atoms with Gasteiger partial charge >= 0.3 is 0 Å². The Morgan fingerprint density at radius 2 is 1.12 bits per heavy atom. The highest BCUT2D eigenvalue weighted by molar-refractivity contribution is 7.61. The third-order valence-electron chi connectivity index (χ3n) is 4.19. The van der Waals surface area contributed by atoms with Crippen LogP contribution >= 0.6 is 7.92 Å². The Morgan fingerprint density at radius 3 is 1.44 bits per heavy atom. The van der Waals surface area contributed by atoms with E-state index in [-0.39, 0.29) is 16.2 Å². The molecule has 0 unspecified atom stereocenters. The summed E-state index contributed by atoms with van der Waals surface area (Å²) >= 11 is 0. The second kappa shape index (κ2) is 7.70. The number of rotatable bonds is 4. The van der Waals surface area contributed by atoms with Crippen LogP contribution in [0.25, 0.3) is 0 Å². The van der Waals surface area contributed by atoms with Gasteiger partial charge in [0.25, 0.3) is 0 Å². The number of anilines is 2. The lowest BCUT2D eigenvalue weighted by molar-refractivity contribution is -0.115. The van der Waals surface area contributed by atoms with Gasteiger partial charge in [0.05, 0.1) is 0 Å². The van der Waals surface area contributed by atoms with Crippen molar-refractivity contribution in [3.8, 4) is 0 Å². The number of benzene rings is 2. The summed E-state index contributed by atoms with van der Waals surface area (Å²) in [6.45, 7) is 13.5. The Balaban J connectivity index is 2.40. The molecule has 1 amide bonds. The van der Waals surface area contributed by atoms with E-state index < -0.39 is 7.92 Å². The lowest BCUT2D eigenvalue weighted by Gasteiger charge is -2.42. The van der Waals surface area contributed by atoms with Gasteiger partial charge in [0.1, 0.15) is 0 Å². The van der Waals surface area contributed by atoms with Crippen LogP contribution in [0.15, 0.2) is 60.7 Å². The first-order chi connectivity index (χ1) is 11.6. The molecular weight excluding hydrogens is 325 g/mol. The summed E-state index contributed by atoms with van der Waals surface area (Å²) in [5.41, 5.74) is 1.85. The number of para-hydroxylation sites is 2. The largest absolute Gasteiger partial charge is 0.281 e. The van der Waals surface area contributed by atoms with E-state index in [1.54, 1.807) is 0 Å². The van der Waals surface area contributed by atoms with Gasteiger partial charge < -0.3 is 0 Å². The van der Waals surface area contributed by atoms with Gasteiger partial charge in [-0.15, -0.1) is 0 Å². The number of hydrogen-bond acceptors (Lipinski definition) is 1. The van der Waals surface area contributed by atoms with Crippen molar-refractivity contribution in [2.45, 2.75) is 51.9 Å². The zero-order valence-corrected chi connectivity index (χ0v) is 17.2. The van der Waals surface area contributed by atoms with Crippen molar-refractivity contribution in [2.75, 3.05) is 11.1 Å². The van der Waals surface area contributed by atoms with Gasteiger partial charge in [0, 0.05) is 17.5 Å². The van der Waals surface area contributed by atoms with Crippen molar-refractivity contribution in [3.05, 3.63) is 60.7 Å². The van der Waals surface area contributed by atoms with Crippen molar-refractivity contribution in [3.63, 3.8) is 0 Å². The Labute approximate surface area is 154 Å². The van der Waals surface area contributed by atoms with Crippen LogP contribution in [0, 0.1) is 0 Å². The fourth-order valence-electron chi connectivity index (χ4n) is 3.28. The molecule has 2 aromatic carbocycles. The molecule has 0 saturated heterocycles. The molecule has 0 atom stereocenters. The minimum atomic E-state index is -0.487. The van der Waals surface area contributed by atoms with Crippen molar-refractivity contribution in [2.24, 2.45) is 0 Å². The van der Waals surface area contributed by atoms with Crippen LogP contribution in [-0.4, -0.2) is 22.4 Å².